The monoisotopic (exact) mass is 274 g/mol. The largest absolute Gasteiger partial charge is 0.481 e. The summed E-state index contributed by atoms with van der Waals surface area (Å²) in [6.07, 6.45) is 2.41. The molecule has 3 rings (SSSR count). The highest BCUT2D eigenvalue weighted by Gasteiger charge is 2.22. The van der Waals surface area contributed by atoms with Gasteiger partial charge in [-0.15, -0.1) is 0 Å². The minimum atomic E-state index is -1.03. The van der Waals surface area contributed by atoms with E-state index in [-0.39, 0.29) is 5.63 Å². The van der Waals surface area contributed by atoms with Gasteiger partial charge in [0.25, 0.3) is 0 Å². The average molecular weight is 274 g/mol. The van der Waals surface area contributed by atoms with Crippen LogP contribution in [0.4, 0.5) is 0 Å². The van der Waals surface area contributed by atoms with Crippen molar-refractivity contribution in [1.82, 2.24) is 0 Å². The molecule has 5 nitrogen and oxygen atoms in total. The number of aliphatic carboxylic acids is 1. The second-order valence-electron chi connectivity index (χ2n) is 5.02. The highest BCUT2D eigenvalue weighted by Crippen LogP contribution is 2.35. The summed E-state index contributed by atoms with van der Waals surface area (Å²) >= 11 is 0. The average Bonchev–Trinajstić information content (AvgIpc) is 2.85. The van der Waals surface area contributed by atoms with Crippen molar-refractivity contribution in [2.75, 3.05) is 6.61 Å². The minimum Gasteiger partial charge on any atom is -0.481 e. The van der Waals surface area contributed by atoms with E-state index in [0.717, 1.165) is 29.4 Å². The van der Waals surface area contributed by atoms with Crippen LogP contribution >= 0.6 is 0 Å². The number of carboxylic acid groups (broad SMARTS) is 1. The van der Waals surface area contributed by atoms with Crippen molar-refractivity contribution < 1.29 is 19.1 Å². The maximum Gasteiger partial charge on any atom is 0.341 e. The van der Waals surface area contributed by atoms with Crippen LogP contribution in [0.25, 0.3) is 11.0 Å². The van der Waals surface area contributed by atoms with Crippen molar-refractivity contribution in [3.05, 3.63) is 39.2 Å². The zero-order valence-corrected chi connectivity index (χ0v) is 11.1. The van der Waals surface area contributed by atoms with Crippen molar-refractivity contribution in [3.63, 3.8) is 0 Å². The van der Waals surface area contributed by atoms with Gasteiger partial charge in [-0.25, -0.2) is 9.59 Å². The molecule has 0 amide bonds. The van der Waals surface area contributed by atoms with Crippen LogP contribution in [0.15, 0.2) is 21.3 Å². The van der Waals surface area contributed by atoms with E-state index in [4.69, 9.17) is 14.3 Å². The fourth-order valence-electron chi connectivity index (χ4n) is 2.76. The molecular formula is C15H14O5. The number of carboxylic acids is 1. The van der Waals surface area contributed by atoms with E-state index in [1.54, 1.807) is 12.1 Å². The van der Waals surface area contributed by atoms with E-state index in [1.807, 2.05) is 6.92 Å². The van der Waals surface area contributed by atoms with Crippen LogP contribution < -0.4 is 10.4 Å². The summed E-state index contributed by atoms with van der Waals surface area (Å²) < 4.78 is 10.7. The lowest BCUT2D eigenvalue weighted by Gasteiger charge is -2.11. The van der Waals surface area contributed by atoms with E-state index in [1.165, 1.54) is 0 Å². The lowest BCUT2D eigenvalue weighted by Crippen LogP contribution is -2.11. The molecule has 104 valence electrons. The van der Waals surface area contributed by atoms with E-state index in [0.29, 0.717) is 23.3 Å². The molecule has 1 heterocycles. The second kappa shape index (κ2) is 4.67. The van der Waals surface area contributed by atoms with Gasteiger partial charge in [0.2, 0.25) is 0 Å². The van der Waals surface area contributed by atoms with E-state index in [2.05, 4.69) is 0 Å². The number of hydrogen-bond acceptors (Lipinski definition) is 4. The van der Waals surface area contributed by atoms with Gasteiger partial charge in [-0.05, 0) is 49.4 Å². The molecule has 1 aromatic carbocycles. The Morgan fingerprint density at radius 3 is 2.85 bits per heavy atom. The summed E-state index contributed by atoms with van der Waals surface area (Å²) in [6, 6.07) is 3.56. The highest BCUT2D eigenvalue weighted by atomic mass is 16.5. The summed E-state index contributed by atoms with van der Waals surface area (Å²) in [7, 11) is 0. The molecule has 0 spiro atoms. The van der Waals surface area contributed by atoms with Crippen LogP contribution in [0.2, 0.25) is 0 Å². The predicted octanol–water partition coefficient (Wildman–Crippen LogP) is 2.05. The number of ether oxygens (including phenoxy) is 1. The van der Waals surface area contributed by atoms with Gasteiger partial charge < -0.3 is 14.3 Å². The molecule has 0 atom stereocenters. The Labute approximate surface area is 114 Å². The van der Waals surface area contributed by atoms with Gasteiger partial charge in [-0.1, -0.05) is 0 Å². The molecule has 1 aromatic heterocycles. The summed E-state index contributed by atoms with van der Waals surface area (Å²) in [4.78, 5) is 22.6. The molecule has 0 bridgehead atoms. The molecule has 0 radical (unpaired) electrons. The van der Waals surface area contributed by atoms with Crippen molar-refractivity contribution in [2.24, 2.45) is 0 Å². The predicted molar refractivity (Wildman–Crippen MR) is 72.4 cm³/mol. The third-order valence-electron chi connectivity index (χ3n) is 3.53. The summed E-state index contributed by atoms with van der Waals surface area (Å²) in [5.74, 6) is -0.557. The van der Waals surface area contributed by atoms with Gasteiger partial charge in [0.1, 0.15) is 11.3 Å². The Hall–Kier alpha value is -2.30. The number of hydrogen-bond donors (Lipinski definition) is 1. The van der Waals surface area contributed by atoms with Gasteiger partial charge in [-0.3, -0.25) is 0 Å². The molecular weight excluding hydrogens is 260 g/mol. The Kier molecular flexibility index (Phi) is 2.97. The molecule has 0 aliphatic heterocycles. The fourth-order valence-corrected chi connectivity index (χ4v) is 2.76. The Balaban J connectivity index is 2.25. The first-order valence-corrected chi connectivity index (χ1v) is 6.50. The summed E-state index contributed by atoms with van der Waals surface area (Å²) in [6.45, 7) is 1.44. The van der Waals surface area contributed by atoms with E-state index < -0.39 is 12.6 Å². The number of aryl methyl sites for hydroxylation is 2. The summed E-state index contributed by atoms with van der Waals surface area (Å²) in [5.41, 5.74) is 2.67. The molecule has 0 unspecified atom stereocenters. The first-order valence-electron chi connectivity index (χ1n) is 6.50. The number of rotatable bonds is 3. The van der Waals surface area contributed by atoms with Crippen LogP contribution in [-0.2, 0) is 17.6 Å². The van der Waals surface area contributed by atoms with Gasteiger partial charge in [0.15, 0.2) is 6.61 Å². The van der Waals surface area contributed by atoms with E-state index in [9.17, 15) is 9.59 Å². The molecule has 5 heteroatoms. The van der Waals surface area contributed by atoms with Crippen LogP contribution in [0.3, 0.4) is 0 Å². The molecule has 20 heavy (non-hydrogen) atoms. The maximum atomic E-state index is 11.9. The molecule has 1 aliphatic carbocycles. The third-order valence-corrected chi connectivity index (χ3v) is 3.53. The molecule has 0 fully saturated rings. The number of fused-ring (bicyclic) bond motifs is 3. The first-order chi connectivity index (χ1) is 9.56. The lowest BCUT2D eigenvalue weighted by molar-refractivity contribution is -0.139. The van der Waals surface area contributed by atoms with E-state index >= 15 is 0 Å². The Bertz CT molecular complexity index is 757. The van der Waals surface area contributed by atoms with Crippen LogP contribution in [0.1, 0.15) is 23.1 Å². The van der Waals surface area contributed by atoms with Crippen molar-refractivity contribution >= 4 is 16.9 Å². The van der Waals surface area contributed by atoms with Crippen LogP contribution in [0, 0.1) is 6.92 Å². The normalized spacial score (nSPS) is 13.4. The van der Waals surface area contributed by atoms with Crippen molar-refractivity contribution in [3.8, 4) is 5.75 Å². The quantitative estimate of drug-likeness (QED) is 0.867. The van der Waals surface area contributed by atoms with Gasteiger partial charge in [0, 0.05) is 5.56 Å². The van der Waals surface area contributed by atoms with Gasteiger partial charge in [-0.2, -0.15) is 0 Å². The second-order valence-corrected chi connectivity index (χ2v) is 5.02. The lowest BCUT2D eigenvalue weighted by atomic mass is 10.0. The standard InChI is InChI=1S/C15H14O5/c1-8-5-11(19-7-13(16)17)14-9-3-2-4-10(9)15(18)20-12(14)6-8/h5-6H,2-4,7H2,1H3,(H,16,17). The zero-order valence-electron chi connectivity index (χ0n) is 11.1. The summed E-state index contributed by atoms with van der Waals surface area (Å²) in [5, 5.41) is 9.50. The Morgan fingerprint density at radius 2 is 2.10 bits per heavy atom. The molecule has 2 aromatic rings. The van der Waals surface area contributed by atoms with Crippen molar-refractivity contribution in [1.29, 1.82) is 0 Å². The smallest absolute Gasteiger partial charge is 0.341 e. The molecule has 1 aliphatic rings. The first kappa shape index (κ1) is 12.7. The zero-order chi connectivity index (χ0) is 14.3. The van der Waals surface area contributed by atoms with Crippen molar-refractivity contribution in [2.45, 2.75) is 26.2 Å². The fraction of sp³-hybridized carbons (Fsp3) is 0.333. The molecule has 1 N–H and O–H groups in total. The number of benzene rings is 1. The van der Waals surface area contributed by atoms with Gasteiger partial charge >= 0.3 is 11.6 Å². The SMILES string of the molecule is Cc1cc(OCC(=O)O)c2c3c(c(=O)oc2c1)CCC3. The number of carbonyl (C=O) groups is 1. The minimum absolute atomic E-state index is 0.292. The molecule has 0 saturated heterocycles. The van der Waals surface area contributed by atoms with Gasteiger partial charge in [0.05, 0.1) is 5.39 Å². The van der Waals surface area contributed by atoms with Crippen LogP contribution in [0.5, 0.6) is 5.75 Å². The Morgan fingerprint density at radius 1 is 1.35 bits per heavy atom. The highest BCUT2D eigenvalue weighted by molar-refractivity contribution is 5.89. The maximum absolute atomic E-state index is 11.9. The molecule has 0 saturated carbocycles. The third kappa shape index (κ3) is 2.05. The van der Waals surface area contributed by atoms with Crippen LogP contribution in [-0.4, -0.2) is 17.7 Å². The topological polar surface area (TPSA) is 76.7 Å².